The number of hydrogen-bond acceptors (Lipinski definition) is 5. The molecule has 1 N–H and O–H groups in total. The summed E-state index contributed by atoms with van der Waals surface area (Å²) in [6.45, 7) is 0. The molecular weight excluding hydrogens is 291 g/mol. The van der Waals surface area contributed by atoms with Crippen LogP contribution in [0.2, 0.25) is 10.2 Å². The second kappa shape index (κ2) is 5.83. The van der Waals surface area contributed by atoms with Gasteiger partial charge in [-0.1, -0.05) is 35.3 Å². The Kier molecular flexibility index (Phi) is 4.15. The molecule has 0 bridgehead atoms. The molecule has 0 fully saturated rings. The summed E-state index contributed by atoms with van der Waals surface area (Å²) in [5, 5.41) is 14.2. The average Bonchev–Trinajstić information content (AvgIpc) is 2.72. The van der Waals surface area contributed by atoms with Gasteiger partial charge in [-0.3, -0.25) is 5.43 Å². The fourth-order valence-electron chi connectivity index (χ4n) is 1.16. The lowest BCUT2D eigenvalue weighted by Crippen LogP contribution is -1.90. The first-order valence-corrected chi connectivity index (χ1v) is 6.33. The van der Waals surface area contributed by atoms with E-state index in [2.05, 4.69) is 14.9 Å². The molecule has 0 aliphatic carbocycles. The van der Waals surface area contributed by atoms with Gasteiger partial charge in [0, 0.05) is 5.02 Å². The van der Waals surface area contributed by atoms with Crippen LogP contribution in [0, 0.1) is 11.3 Å². The molecule has 1 heterocycles. The van der Waals surface area contributed by atoms with Crippen LogP contribution in [-0.2, 0) is 0 Å². The van der Waals surface area contributed by atoms with Crippen LogP contribution in [0.3, 0.4) is 0 Å². The van der Waals surface area contributed by atoms with E-state index in [1.165, 1.54) is 0 Å². The molecule has 0 saturated heterocycles. The fourth-order valence-corrected chi connectivity index (χ4v) is 2.17. The van der Waals surface area contributed by atoms with Crippen LogP contribution in [0.15, 0.2) is 29.4 Å². The minimum absolute atomic E-state index is 0.187. The molecule has 0 amide bonds. The fraction of sp³-hybridized carbons (Fsp3) is 0. The van der Waals surface area contributed by atoms with Gasteiger partial charge in [0.1, 0.15) is 16.6 Å². The Labute approximate surface area is 118 Å². The van der Waals surface area contributed by atoms with Crippen molar-refractivity contribution in [3.63, 3.8) is 0 Å². The number of anilines is 1. The highest BCUT2D eigenvalue weighted by atomic mass is 35.5. The van der Waals surface area contributed by atoms with Gasteiger partial charge in [-0.15, -0.1) is 0 Å². The van der Waals surface area contributed by atoms with Gasteiger partial charge in [0.2, 0.25) is 0 Å². The standard InChI is InChI=1S/C11H6Cl2N4S/c12-8-3-1-7(2-4-8)6-15-16-11-9(5-14)10(13)17-18-11/h1-4,6,16H/b15-6-. The maximum atomic E-state index is 8.86. The SMILES string of the molecule is N#Cc1c(Cl)nsc1N/N=C\c1ccc(Cl)cc1. The third kappa shape index (κ3) is 2.99. The van der Waals surface area contributed by atoms with Crippen molar-refractivity contribution >= 4 is 46.0 Å². The Morgan fingerprint density at radius 3 is 2.72 bits per heavy atom. The van der Waals surface area contributed by atoms with Gasteiger partial charge in [0.25, 0.3) is 0 Å². The molecule has 18 heavy (non-hydrogen) atoms. The van der Waals surface area contributed by atoms with E-state index in [0.717, 1.165) is 17.1 Å². The zero-order chi connectivity index (χ0) is 13.0. The smallest absolute Gasteiger partial charge is 0.162 e. The monoisotopic (exact) mass is 296 g/mol. The van der Waals surface area contributed by atoms with Crippen molar-refractivity contribution in [3.05, 3.63) is 45.6 Å². The first kappa shape index (κ1) is 12.8. The van der Waals surface area contributed by atoms with E-state index in [-0.39, 0.29) is 5.15 Å². The minimum atomic E-state index is 0.187. The van der Waals surface area contributed by atoms with Crippen LogP contribution >= 0.6 is 34.7 Å². The van der Waals surface area contributed by atoms with Crippen LogP contribution < -0.4 is 5.43 Å². The predicted octanol–water partition coefficient (Wildman–Crippen LogP) is 3.77. The normalized spacial score (nSPS) is 10.5. The van der Waals surface area contributed by atoms with E-state index in [9.17, 15) is 0 Å². The highest BCUT2D eigenvalue weighted by molar-refractivity contribution is 7.10. The third-order valence-corrected chi connectivity index (χ3v) is 3.39. The van der Waals surface area contributed by atoms with Gasteiger partial charge < -0.3 is 0 Å². The summed E-state index contributed by atoms with van der Waals surface area (Å²) in [5.41, 5.74) is 3.92. The van der Waals surface area contributed by atoms with Crippen molar-refractivity contribution in [2.75, 3.05) is 5.43 Å². The lowest BCUT2D eigenvalue weighted by molar-refractivity contribution is 1.37. The number of rotatable bonds is 3. The van der Waals surface area contributed by atoms with Crippen LogP contribution in [0.4, 0.5) is 5.00 Å². The van der Waals surface area contributed by atoms with Crippen molar-refractivity contribution in [2.24, 2.45) is 5.10 Å². The summed E-state index contributed by atoms with van der Waals surface area (Å²) in [6.07, 6.45) is 1.62. The highest BCUT2D eigenvalue weighted by Gasteiger charge is 2.10. The van der Waals surface area contributed by atoms with Gasteiger partial charge in [0.15, 0.2) is 5.15 Å². The summed E-state index contributed by atoms with van der Waals surface area (Å²) in [7, 11) is 0. The molecule has 4 nitrogen and oxygen atoms in total. The van der Waals surface area contributed by atoms with Crippen LogP contribution in [0.25, 0.3) is 0 Å². The van der Waals surface area contributed by atoms with E-state index < -0.39 is 0 Å². The summed E-state index contributed by atoms with van der Waals surface area (Å²) < 4.78 is 3.86. The molecule has 0 atom stereocenters. The lowest BCUT2D eigenvalue weighted by Gasteiger charge is -1.95. The van der Waals surface area contributed by atoms with Gasteiger partial charge in [-0.2, -0.15) is 14.7 Å². The lowest BCUT2D eigenvalue weighted by atomic mass is 10.2. The zero-order valence-electron chi connectivity index (χ0n) is 8.89. The summed E-state index contributed by atoms with van der Waals surface area (Å²) in [6, 6.07) is 9.17. The van der Waals surface area contributed by atoms with E-state index in [1.54, 1.807) is 18.3 Å². The average molecular weight is 297 g/mol. The van der Waals surface area contributed by atoms with E-state index in [0.29, 0.717) is 15.6 Å². The third-order valence-electron chi connectivity index (χ3n) is 2.01. The highest BCUT2D eigenvalue weighted by Crippen LogP contribution is 2.27. The van der Waals surface area contributed by atoms with Gasteiger partial charge in [-0.05, 0) is 29.2 Å². The molecular formula is C11H6Cl2N4S. The number of hydrogen-bond donors (Lipinski definition) is 1. The molecule has 0 aliphatic heterocycles. The van der Waals surface area contributed by atoms with Crippen molar-refractivity contribution in [1.82, 2.24) is 4.37 Å². The number of benzene rings is 1. The van der Waals surface area contributed by atoms with Crippen molar-refractivity contribution in [1.29, 1.82) is 5.26 Å². The number of nitrogens with one attached hydrogen (secondary N) is 1. The first-order chi connectivity index (χ1) is 8.70. The molecule has 0 unspecified atom stereocenters. The second-order valence-electron chi connectivity index (χ2n) is 3.21. The van der Waals surface area contributed by atoms with Crippen LogP contribution in [0.1, 0.15) is 11.1 Å². The molecule has 0 spiro atoms. The number of nitrogens with zero attached hydrogens (tertiary/aromatic N) is 3. The van der Waals surface area contributed by atoms with E-state index in [4.69, 9.17) is 28.5 Å². The molecule has 2 rings (SSSR count). The molecule has 2 aromatic rings. The van der Waals surface area contributed by atoms with Crippen LogP contribution in [-0.4, -0.2) is 10.6 Å². The number of aromatic nitrogens is 1. The van der Waals surface area contributed by atoms with Crippen molar-refractivity contribution < 1.29 is 0 Å². The molecule has 0 radical (unpaired) electrons. The van der Waals surface area contributed by atoms with E-state index >= 15 is 0 Å². The molecule has 90 valence electrons. The number of nitriles is 1. The largest absolute Gasteiger partial charge is 0.266 e. The molecule has 0 aliphatic rings. The summed E-state index contributed by atoms with van der Waals surface area (Å²) >= 11 is 12.6. The van der Waals surface area contributed by atoms with Gasteiger partial charge in [0.05, 0.1) is 6.21 Å². The maximum absolute atomic E-state index is 8.86. The second-order valence-corrected chi connectivity index (χ2v) is 4.78. The Hall–Kier alpha value is -1.61. The molecule has 1 aromatic carbocycles. The molecule has 0 saturated carbocycles. The van der Waals surface area contributed by atoms with Crippen LogP contribution in [0.5, 0.6) is 0 Å². The minimum Gasteiger partial charge on any atom is -0.266 e. The Morgan fingerprint density at radius 2 is 2.06 bits per heavy atom. The number of halogens is 2. The molecule has 1 aromatic heterocycles. The quantitative estimate of drug-likeness (QED) is 0.693. The predicted molar refractivity (Wildman–Crippen MR) is 74.5 cm³/mol. The summed E-state index contributed by atoms with van der Waals surface area (Å²) in [4.78, 5) is 0. The Bertz CT molecular complexity index is 613. The Morgan fingerprint density at radius 1 is 1.33 bits per heavy atom. The van der Waals surface area contributed by atoms with Gasteiger partial charge in [-0.25, -0.2) is 0 Å². The maximum Gasteiger partial charge on any atom is 0.162 e. The zero-order valence-corrected chi connectivity index (χ0v) is 11.2. The van der Waals surface area contributed by atoms with Crippen molar-refractivity contribution in [2.45, 2.75) is 0 Å². The first-order valence-electron chi connectivity index (χ1n) is 4.80. The topological polar surface area (TPSA) is 61.1 Å². The summed E-state index contributed by atoms with van der Waals surface area (Å²) in [5.74, 6) is 0. The molecule has 7 heteroatoms. The Balaban J connectivity index is 2.07. The van der Waals surface area contributed by atoms with E-state index in [1.807, 2.05) is 18.2 Å². The van der Waals surface area contributed by atoms with Gasteiger partial charge >= 0.3 is 0 Å². The van der Waals surface area contributed by atoms with Crippen molar-refractivity contribution in [3.8, 4) is 6.07 Å². The number of hydrazone groups is 1.